The predicted octanol–water partition coefficient (Wildman–Crippen LogP) is 3.27. The molecule has 1 aliphatic rings. The molecule has 5 nitrogen and oxygen atoms in total. The average molecular weight is 401 g/mol. The van der Waals surface area contributed by atoms with Crippen LogP contribution in [0.2, 0.25) is 0 Å². The van der Waals surface area contributed by atoms with Gasteiger partial charge >= 0.3 is 0 Å². The highest BCUT2D eigenvalue weighted by atomic mass is 32.2. The number of sulfonamides is 1. The van der Waals surface area contributed by atoms with Crippen molar-refractivity contribution in [3.8, 4) is 0 Å². The summed E-state index contributed by atoms with van der Waals surface area (Å²) in [6, 6.07) is 16.0. The van der Waals surface area contributed by atoms with Gasteiger partial charge in [0.05, 0.1) is 13.2 Å². The van der Waals surface area contributed by atoms with Gasteiger partial charge < -0.3 is 4.74 Å². The molecule has 1 heterocycles. The third kappa shape index (κ3) is 6.01. The molecule has 0 aromatic heterocycles. The second-order valence-corrected chi connectivity index (χ2v) is 8.83. The quantitative estimate of drug-likeness (QED) is 0.775. The third-order valence-electron chi connectivity index (χ3n) is 4.94. The standard InChI is InChI=1S/C22H28N2O3S/c1-18-3-7-20(8-4-18)11-16-28(25,26)23-17-22(24-12-14-27-15-13-24)21-9-5-19(2)6-10-21/h3-11,16,22-23H,12-15,17H2,1-2H3/b16-11+. The number of ether oxygens (including phenoxy) is 1. The fraction of sp³-hybridized carbons (Fsp3) is 0.364. The largest absolute Gasteiger partial charge is 0.379 e. The van der Waals surface area contributed by atoms with E-state index in [4.69, 9.17) is 4.74 Å². The number of hydrogen-bond acceptors (Lipinski definition) is 4. The number of hydrogen-bond donors (Lipinski definition) is 1. The van der Waals surface area contributed by atoms with E-state index in [1.807, 2.05) is 38.1 Å². The van der Waals surface area contributed by atoms with E-state index in [1.165, 1.54) is 11.0 Å². The fourth-order valence-corrected chi connectivity index (χ4v) is 4.05. The van der Waals surface area contributed by atoms with Crippen LogP contribution in [0.5, 0.6) is 0 Å². The third-order valence-corrected chi connectivity index (χ3v) is 6.01. The number of morpholine rings is 1. The maximum absolute atomic E-state index is 12.5. The summed E-state index contributed by atoms with van der Waals surface area (Å²) in [4.78, 5) is 2.28. The van der Waals surface area contributed by atoms with Crippen LogP contribution in [0.15, 0.2) is 53.9 Å². The summed E-state index contributed by atoms with van der Waals surface area (Å²) < 4.78 is 33.2. The van der Waals surface area contributed by atoms with Crippen molar-refractivity contribution in [2.24, 2.45) is 0 Å². The Kier molecular flexibility index (Phi) is 7.02. The van der Waals surface area contributed by atoms with Gasteiger partial charge in [-0.1, -0.05) is 59.7 Å². The Hall–Kier alpha value is -1.99. The molecular formula is C22H28N2O3S. The summed E-state index contributed by atoms with van der Waals surface area (Å²) in [7, 11) is -3.53. The van der Waals surface area contributed by atoms with Gasteiger partial charge in [0.25, 0.3) is 0 Å². The van der Waals surface area contributed by atoms with Crippen molar-refractivity contribution in [2.75, 3.05) is 32.8 Å². The van der Waals surface area contributed by atoms with Gasteiger partial charge in [-0.3, -0.25) is 4.90 Å². The van der Waals surface area contributed by atoms with E-state index in [0.29, 0.717) is 19.8 Å². The van der Waals surface area contributed by atoms with Crippen molar-refractivity contribution in [1.29, 1.82) is 0 Å². The molecule has 0 amide bonds. The fourth-order valence-electron chi connectivity index (χ4n) is 3.22. The summed E-state index contributed by atoms with van der Waals surface area (Å²) in [6.07, 6.45) is 1.62. The first-order chi connectivity index (χ1) is 13.4. The monoisotopic (exact) mass is 400 g/mol. The number of rotatable bonds is 7. The molecule has 28 heavy (non-hydrogen) atoms. The summed E-state index contributed by atoms with van der Waals surface area (Å²) >= 11 is 0. The van der Waals surface area contributed by atoms with Crippen molar-refractivity contribution in [1.82, 2.24) is 9.62 Å². The lowest BCUT2D eigenvalue weighted by atomic mass is 10.0. The normalized spacial score (nSPS) is 17.1. The van der Waals surface area contributed by atoms with Crippen LogP contribution in [0.4, 0.5) is 0 Å². The zero-order valence-electron chi connectivity index (χ0n) is 16.5. The minimum absolute atomic E-state index is 0.0213. The SMILES string of the molecule is Cc1ccc(/C=C/S(=O)(=O)NCC(c2ccc(C)cc2)N2CCOCC2)cc1. The maximum atomic E-state index is 12.5. The van der Waals surface area contributed by atoms with Crippen molar-refractivity contribution >= 4 is 16.1 Å². The topological polar surface area (TPSA) is 58.6 Å². The summed E-state index contributed by atoms with van der Waals surface area (Å²) in [5.41, 5.74) is 4.30. The first kappa shape index (κ1) is 20.7. The van der Waals surface area contributed by atoms with Crippen LogP contribution in [0, 0.1) is 13.8 Å². The molecule has 2 aromatic carbocycles. The smallest absolute Gasteiger partial charge is 0.233 e. The van der Waals surface area contributed by atoms with Crippen LogP contribution in [0.3, 0.4) is 0 Å². The van der Waals surface area contributed by atoms with Gasteiger partial charge in [0.15, 0.2) is 0 Å². The Bertz CT molecular complexity index is 884. The van der Waals surface area contributed by atoms with Gasteiger partial charge in [-0.25, -0.2) is 13.1 Å². The van der Waals surface area contributed by atoms with Crippen molar-refractivity contribution in [3.05, 3.63) is 76.2 Å². The number of aryl methyl sites for hydroxylation is 2. The van der Waals surface area contributed by atoms with E-state index >= 15 is 0 Å². The molecule has 1 atom stereocenters. The van der Waals surface area contributed by atoms with Crippen LogP contribution >= 0.6 is 0 Å². The molecule has 0 bridgehead atoms. The number of nitrogens with one attached hydrogen (secondary N) is 1. The Balaban J connectivity index is 1.70. The van der Waals surface area contributed by atoms with Gasteiger partial charge in [-0.2, -0.15) is 0 Å². The summed E-state index contributed by atoms with van der Waals surface area (Å²) in [5, 5.41) is 1.24. The highest BCUT2D eigenvalue weighted by molar-refractivity contribution is 7.92. The van der Waals surface area contributed by atoms with Crippen LogP contribution in [0.1, 0.15) is 28.3 Å². The lowest BCUT2D eigenvalue weighted by molar-refractivity contribution is 0.0172. The van der Waals surface area contributed by atoms with Gasteiger partial charge in [0, 0.05) is 31.1 Å². The second kappa shape index (κ2) is 9.47. The van der Waals surface area contributed by atoms with Crippen LogP contribution in [0.25, 0.3) is 6.08 Å². The molecule has 0 spiro atoms. The zero-order valence-corrected chi connectivity index (χ0v) is 17.3. The Morgan fingerprint density at radius 2 is 1.57 bits per heavy atom. The van der Waals surface area contributed by atoms with E-state index in [2.05, 4.69) is 33.9 Å². The van der Waals surface area contributed by atoms with Gasteiger partial charge in [0.2, 0.25) is 10.0 Å². The molecule has 2 aromatic rings. The molecule has 0 radical (unpaired) electrons. The van der Waals surface area contributed by atoms with Gasteiger partial charge in [-0.15, -0.1) is 0 Å². The maximum Gasteiger partial charge on any atom is 0.233 e. The molecule has 0 saturated carbocycles. The molecule has 1 aliphatic heterocycles. The molecular weight excluding hydrogens is 372 g/mol. The van der Waals surface area contributed by atoms with E-state index < -0.39 is 10.0 Å². The van der Waals surface area contributed by atoms with Crippen molar-refractivity contribution in [2.45, 2.75) is 19.9 Å². The van der Waals surface area contributed by atoms with Crippen molar-refractivity contribution in [3.63, 3.8) is 0 Å². The summed E-state index contributed by atoms with van der Waals surface area (Å²) in [6.45, 7) is 7.29. The molecule has 1 unspecified atom stereocenters. The highest BCUT2D eigenvalue weighted by Gasteiger charge is 2.23. The van der Waals surface area contributed by atoms with Crippen LogP contribution in [-0.2, 0) is 14.8 Å². The van der Waals surface area contributed by atoms with E-state index in [0.717, 1.165) is 29.8 Å². The second-order valence-electron chi connectivity index (χ2n) is 7.18. The first-order valence-corrected chi connectivity index (χ1v) is 11.1. The number of benzene rings is 2. The zero-order chi connectivity index (χ0) is 20.0. The molecule has 150 valence electrons. The molecule has 1 fully saturated rings. The highest BCUT2D eigenvalue weighted by Crippen LogP contribution is 2.22. The first-order valence-electron chi connectivity index (χ1n) is 9.56. The predicted molar refractivity (Wildman–Crippen MR) is 113 cm³/mol. The van der Waals surface area contributed by atoms with Gasteiger partial charge in [-0.05, 0) is 31.1 Å². The average Bonchev–Trinajstić information content (AvgIpc) is 2.70. The molecule has 3 rings (SSSR count). The lowest BCUT2D eigenvalue weighted by Crippen LogP contribution is -2.43. The number of nitrogens with zero attached hydrogens (tertiary/aromatic N) is 1. The van der Waals surface area contributed by atoms with E-state index in [1.54, 1.807) is 6.08 Å². The molecule has 6 heteroatoms. The molecule has 0 aliphatic carbocycles. The lowest BCUT2D eigenvalue weighted by Gasteiger charge is -2.34. The molecule has 1 saturated heterocycles. The van der Waals surface area contributed by atoms with Crippen LogP contribution in [-0.4, -0.2) is 46.2 Å². The van der Waals surface area contributed by atoms with E-state index in [-0.39, 0.29) is 6.04 Å². The van der Waals surface area contributed by atoms with Crippen LogP contribution < -0.4 is 4.72 Å². The minimum atomic E-state index is -3.53. The Morgan fingerprint density at radius 3 is 2.18 bits per heavy atom. The minimum Gasteiger partial charge on any atom is -0.379 e. The van der Waals surface area contributed by atoms with Gasteiger partial charge in [0.1, 0.15) is 0 Å². The summed E-state index contributed by atoms with van der Waals surface area (Å²) in [5.74, 6) is 0. The Morgan fingerprint density at radius 1 is 1.00 bits per heavy atom. The Labute approximate surface area is 168 Å². The van der Waals surface area contributed by atoms with Crippen molar-refractivity contribution < 1.29 is 13.2 Å². The molecule has 1 N–H and O–H groups in total. The van der Waals surface area contributed by atoms with E-state index in [9.17, 15) is 8.42 Å².